The van der Waals surface area contributed by atoms with E-state index >= 15 is 0 Å². The lowest BCUT2D eigenvalue weighted by Gasteiger charge is -2.46. The second kappa shape index (κ2) is 5.48. The first-order chi connectivity index (χ1) is 8.79. The van der Waals surface area contributed by atoms with Gasteiger partial charge in [0.15, 0.2) is 0 Å². The first-order valence-electron chi connectivity index (χ1n) is 7.69. The lowest BCUT2D eigenvalue weighted by molar-refractivity contribution is -0.159. The van der Waals surface area contributed by atoms with Crippen molar-refractivity contribution in [3.63, 3.8) is 0 Å². The maximum Gasteiger partial charge on any atom is 0.0729 e. The number of aliphatic hydroxyl groups is 1. The van der Waals surface area contributed by atoms with Crippen LogP contribution in [0, 0.1) is 11.8 Å². The number of hydrogen-bond acceptors (Lipinski definition) is 3. The zero-order valence-corrected chi connectivity index (χ0v) is 11.3. The summed E-state index contributed by atoms with van der Waals surface area (Å²) in [7, 11) is 0. The molecule has 3 heteroatoms. The summed E-state index contributed by atoms with van der Waals surface area (Å²) in [4.78, 5) is 0. The summed E-state index contributed by atoms with van der Waals surface area (Å²) in [6.45, 7) is 2.58. The van der Waals surface area contributed by atoms with Gasteiger partial charge < -0.3 is 14.6 Å². The zero-order valence-electron chi connectivity index (χ0n) is 11.3. The normalized spacial score (nSPS) is 40.8. The van der Waals surface area contributed by atoms with Crippen molar-refractivity contribution in [3.8, 4) is 0 Å². The van der Waals surface area contributed by atoms with Crippen molar-refractivity contribution in [3.05, 3.63) is 0 Å². The van der Waals surface area contributed by atoms with Crippen LogP contribution < -0.4 is 0 Å². The Bertz CT molecular complexity index is 267. The summed E-state index contributed by atoms with van der Waals surface area (Å²) in [5.74, 6) is 1.20. The molecule has 3 unspecified atom stereocenters. The fourth-order valence-corrected chi connectivity index (χ4v) is 4.21. The molecule has 1 N–H and O–H groups in total. The van der Waals surface area contributed by atoms with E-state index in [0.29, 0.717) is 11.8 Å². The van der Waals surface area contributed by atoms with Crippen molar-refractivity contribution in [2.45, 2.75) is 63.1 Å². The van der Waals surface area contributed by atoms with Gasteiger partial charge in [0.05, 0.1) is 11.7 Å². The van der Waals surface area contributed by atoms with Gasteiger partial charge in [-0.1, -0.05) is 12.8 Å². The van der Waals surface area contributed by atoms with E-state index < -0.39 is 0 Å². The summed E-state index contributed by atoms with van der Waals surface area (Å²) < 4.78 is 11.6. The van der Waals surface area contributed by atoms with Crippen LogP contribution in [0.15, 0.2) is 0 Å². The highest BCUT2D eigenvalue weighted by molar-refractivity contribution is 4.93. The fraction of sp³-hybridized carbons (Fsp3) is 1.00. The van der Waals surface area contributed by atoms with Gasteiger partial charge in [-0.15, -0.1) is 0 Å². The largest absolute Gasteiger partial charge is 0.393 e. The van der Waals surface area contributed by atoms with Crippen LogP contribution in [-0.4, -0.2) is 36.6 Å². The second-order valence-corrected chi connectivity index (χ2v) is 6.41. The fourth-order valence-electron chi connectivity index (χ4n) is 4.21. The Morgan fingerprint density at radius 2 is 1.72 bits per heavy atom. The molecule has 3 aliphatic rings. The first kappa shape index (κ1) is 12.9. The standard InChI is InChI=1S/C15H26O3/c16-14-4-2-1-3-13(14)12-5-8-18-15(11-12)6-9-17-10-7-15/h12-14,16H,1-11H2. The molecule has 2 aliphatic heterocycles. The topological polar surface area (TPSA) is 38.7 Å². The van der Waals surface area contributed by atoms with Crippen molar-refractivity contribution in [2.75, 3.05) is 19.8 Å². The Morgan fingerprint density at radius 1 is 0.944 bits per heavy atom. The molecule has 1 aliphatic carbocycles. The van der Waals surface area contributed by atoms with Gasteiger partial charge in [-0.3, -0.25) is 0 Å². The van der Waals surface area contributed by atoms with E-state index in [1.165, 1.54) is 19.3 Å². The minimum absolute atomic E-state index is 0.0567. The van der Waals surface area contributed by atoms with E-state index in [1.54, 1.807) is 0 Å². The SMILES string of the molecule is OC1CCCCC1C1CCOC2(CCOCC2)C1. The third-order valence-corrected chi connectivity index (χ3v) is 5.32. The first-order valence-corrected chi connectivity index (χ1v) is 7.69. The van der Waals surface area contributed by atoms with Gasteiger partial charge in [-0.2, -0.15) is 0 Å². The predicted molar refractivity (Wildman–Crippen MR) is 69.4 cm³/mol. The molecule has 2 saturated heterocycles. The summed E-state index contributed by atoms with van der Waals surface area (Å²) in [5, 5.41) is 10.2. The second-order valence-electron chi connectivity index (χ2n) is 6.41. The van der Waals surface area contributed by atoms with Crippen LogP contribution in [-0.2, 0) is 9.47 Å². The maximum atomic E-state index is 10.2. The molecule has 104 valence electrons. The minimum Gasteiger partial charge on any atom is -0.393 e. The molecular formula is C15H26O3. The van der Waals surface area contributed by atoms with Crippen LogP contribution in [0.25, 0.3) is 0 Å². The number of rotatable bonds is 1. The number of hydrogen-bond donors (Lipinski definition) is 1. The lowest BCUT2D eigenvalue weighted by atomic mass is 9.70. The molecular weight excluding hydrogens is 228 g/mol. The van der Waals surface area contributed by atoms with Crippen molar-refractivity contribution in [1.29, 1.82) is 0 Å². The Labute approximate surface area is 110 Å². The molecule has 1 saturated carbocycles. The third kappa shape index (κ3) is 2.59. The average Bonchev–Trinajstić information content (AvgIpc) is 2.40. The summed E-state index contributed by atoms with van der Waals surface area (Å²) in [6, 6.07) is 0. The summed E-state index contributed by atoms with van der Waals surface area (Å²) in [6.07, 6.45) is 9.07. The molecule has 0 bridgehead atoms. The predicted octanol–water partition coefficient (Wildman–Crippen LogP) is 2.51. The van der Waals surface area contributed by atoms with Crippen molar-refractivity contribution in [2.24, 2.45) is 11.8 Å². The Hall–Kier alpha value is -0.120. The molecule has 0 aromatic rings. The van der Waals surface area contributed by atoms with Crippen LogP contribution in [0.5, 0.6) is 0 Å². The zero-order chi connectivity index (χ0) is 12.4. The van der Waals surface area contributed by atoms with Gasteiger partial charge in [0.1, 0.15) is 0 Å². The highest BCUT2D eigenvalue weighted by atomic mass is 16.5. The Morgan fingerprint density at radius 3 is 2.50 bits per heavy atom. The summed E-state index contributed by atoms with van der Waals surface area (Å²) >= 11 is 0. The van der Waals surface area contributed by atoms with E-state index in [9.17, 15) is 5.11 Å². The quantitative estimate of drug-likeness (QED) is 0.781. The van der Waals surface area contributed by atoms with Crippen molar-refractivity contribution < 1.29 is 14.6 Å². The highest BCUT2D eigenvalue weighted by Gasteiger charge is 2.42. The molecule has 2 heterocycles. The van der Waals surface area contributed by atoms with Crippen LogP contribution in [0.3, 0.4) is 0 Å². The van der Waals surface area contributed by atoms with Gasteiger partial charge in [-0.25, -0.2) is 0 Å². The number of aliphatic hydroxyl groups excluding tert-OH is 1. The Kier molecular flexibility index (Phi) is 3.92. The van der Waals surface area contributed by atoms with Crippen molar-refractivity contribution in [1.82, 2.24) is 0 Å². The van der Waals surface area contributed by atoms with Crippen molar-refractivity contribution >= 4 is 0 Å². The van der Waals surface area contributed by atoms with Gasteiger partial charge in [0.2, 0.25) is 0 Å². The van der Waals surface area contributed by atoms with Crippen LogP contribution in [0.4, 0.5) is 0 Å². The summed E-state index contributed by atoms with van der Waals surface area (Å²) in [5.41, 5.74) is 0.0817. The molecule has 1 spiro atoms. The smallest absolute Gasteiger partial charge is 0.0729 e. The van der Waals surface area contributed by atoms with E-state index in [4.69, 9.17) is 9.47 Å². The number of ether oxygens (including phenoxy) is 2. The van der Waals surface area contributed by atoms with Crippen LogP contribution in [0.1, 0.15) is 51.4 Å². The molecule has 3 fully saturated rings. The lowest BCUT2D eigenvalue weighted by Crippen LogP contribution is -2.47. The van der Waals surface area contributed by atoms with E-state index in [1.807, 2.05) is 0 Å². The van der Waals surface area contributed by atoms with E-state index in [-0.39, 0.29) is 11.7 Å². The molecule has 3 atom stereocenters. The monoisotopic (exact) mass is 254 g/mol. The van der Waals surface area contributed by atoms with Gasteiger partial charge >= 0.3 is 0 Å². The molecule has 0 aromatic carbocycles. The molecule has 0 aromatic heterocycles. The van der Waals surface area contributed by atoms with Gasteiger partial charge in [0.25, 0.3) is 0 Å². The highest BCUT2D eigenvalue weighted by Crippen LogP contribution is 2.43. The molecule has 3 rings (SSSR count). The van der Waals surface area contributed by atoms with E-state index in [2.05, 4.69) is 0 Å². The molecule has 0 amide bonds. The molecule has 3 nitrogen and oxygen atoms in total. The molecule has 0 radical (unpaired) electrons. The van der Waals surface area contributed by atoms with Gasteiger partial charge in [0, 0.05) is 19.8 Å². The van der Waals surface area contributed by atoms with Crippen LogP contribution in [0.2, 0.25) is 0 Å². The minimum atomic E-state index is -0.0567. The van der Waals surface area contributed by atoms with E-state index in [0.717, 1.165) is 51.9 Å². The average molecular weight is 254 g/mol. The third-order valence-electron chi connectivity index (χ3n) is 5.32. The maximum absolute atomic E-state index is 10.2. The van der Waals surface area contributed by atoms with Gasteiger partial charge in [-0.05, 0) is 50.4 Å². The molecule has 18 heavy (non-hydrogen) atoms. The van der Waals surface area contributed by atoms with Crippen LogP contribution >= 0.6 is 0 Å². The Balaban J connectivity index is 1.65.